The molecule has 1 aromatic carbocycles. The number of para-hydroxylation sites is 1. The van der Waals surface area contributed by atoms with E-state index in [-0.39, 0.29) is 12.2 Å². The summed E-state index contributed by atoms with van der Waals surface area (Å²) in [4.78, 5) is 13.6. The Morgan fingerprint density at radius 1 is 1.35 bits per heavy atom. The van der Waals surface area contributed by atoms with Gasteiger partial charge in [0.2, 0.25) is 0 Å². The van der Waals surface area contributed by atoms with E-state index in [1.165, 1.54) is 0 Å². The molecule has 0 spiro atoms. The molecule has 0 aliphatic heterocycles. The second kappa shape index (κ2) is 4.59. The van der Waals surface area contributed by atoms with E-state index in [4.69, 9.17) is 9.52 Å². The Hall–Kier alpha value is -1.81. The number of hydrogen-bond donors (Lipinski definition) is 1. The molecule has 0 atom stereocenters. The summed E-state index contributed by atoms with van der Waals surface area (Å²) in [6, 6.07) is 7.44. The van der Waals surface area contributed by atoms with Gasteiger partial charge in [0, 0.05) is 19.0 Å². The van der Waals surface area contributed by atoms with Crippen LogP contribution < -0.4 is 10.5 Å². The van der Waals surface area contributed by atoms with Gasteiger partial charge in [0.25, 0.3) is 0 Å². The predicted octanol–water partition coefficient (Wildman–Crippen LogP) is 1.53. The molecule has 17 heavy (non-hydrogen) atoms. The van der Waals surface area contributed by atoms with Crippen LogP contribution in [0, 0.1) is 6.92 Å². The molecule has 0 radical (unpaired) electrons. The van der Waals surface area contributed by atoms with Gasteiger partial charge in [-0.15, -0.1) is 0 Å². The SMILES string of the molecule is Cc1c(N(C)CCO)c(=O)oc2ccccc12. The highest BCUT2D eigenvalue weighted by atomic mass is 16.4. The summed E-state index contributed by atoms with van der Waals surface area (Å²) in [5.74, 6) is 0. The number of hydrogen-bond acceptors (Lipinski definition) is 4. The summed E-state index contributed by atoms with van der Waals surface area (Å²) in [5, 5.41) is 9.84. The lowest BCUT2D eigenvalue weighted by Gasteiger charge is -2.19. The van der Waals surface area contributed by atoms with Crippen LogP contribution in [0.4, 0.5) is 5.69 Å². The number of rotatable bonds is 3. The van der Waals surface area contributed by atoms with E-state index in [1.807, 2.05) is 25.1 Å². The highest BCUT2D eigenvalue weighted by Crippen LogP contribution is 2.23. The third-order valence-corrected chi connectivity index (χ3v) is 2.86. The van der Waals surface area contributed by atoms with Gasteiger partial charge in [-0.25, -0.2) is 4.79 Å². The van der Waals surface area contributed by atoms with Gasteiger partial charge < -0.3 is 14.4 Å². The second-order valence-corrected chi connectivity index (χ2v) is 4.00. The van der Waals surface area contributed by atoms with E-state index < -0.39 is 0 Å². The van der Waals surface area contributed by atoms with E-state index in [0.29, 0.717) is 17.8 Å². The van der Waals surface area contributed by atoms with Crippen LogP contribution in [0.15, 0.2) is 33.5 Å². The smallest absolute Gasteiger partial charge is 0.360 e. The molecular weight excluding hydrogens is 218 g/mol. The fourth-order valence-electron chi connectivity index (χ4n) is 2.00. The second-order valence-electron chi connectivity index (χ2n) is 4.00. The fourth-order valence-corrected chi connectivity index (χ4v) is 2.00. The van der Waals surface area contributed by atoms with Gasteiger partial charge in [-0.1, -0.05) is 18.2 Å². The number of aliphatic hydroxyl groups is 1. The van der Waals surface area contributed by atoms with Gasteiger partial charge in [0.15, 0.2) is 0 Å². The molecule has 0 saturated heterocycles. The number of nitrogens with zero attached hydrogens (tertiary/aromatic N) is 1. The molecule has 0 unspecified atom stereocenters. The van der Waals surface area contributed by atoms with Crippen molar-refractivity contribution in [2.45, 2.75) is 6.92 Å². The summed E-state index contributed by atoms with van der Waals surface area (Å²) in [6.45, 7) is 2.30. The summed E-state index contributed by atoms with van der Waals surface area (Å²) < 4.78 is 5.26. The molecule has 1 aromatic heterocycles. The first-order chi connectivity index (χ1) is 8.15. The predicted molar refractivity (Wildman–Crippen MR) is 67.6 cm³/mol. The van der Waals surface area contributed by atoms with E-state index in [2.05, 4.69) is 0 Å². The minimum atomic E-state index is -0.364. The van der Waals surface area contributed by atoms with E-state index in [0.717, 1.165) is 10.9 Å². The van der Waals surface area contributed by atoms with Crippen LogP contribution in [-0.4, -0.2) is 25.3 Å². The lowest BCUT2D eigenvalue weighted by Crippen LogP contribution is -2.27. The molecule has 0 saturated carbocycles. The Kier molecular flexibility index (Phi) is 3.15. The molecular formula is C13H15NO3. The molecule has 4 nitrogen and oxygen atoms in total. The average Bonchev–Trinajstić information content (AvgIpc) is 2.29. The number of aryl methyl sites for hydroxylation is 1. The fraction of sp³-hybridized carbons (Fsp3) is 0.308. The van der Waals surface area contributed by atoms with Crippen molar-refractivity contribution in [3.8, 4) is 0 Å². The monoisotopic (exact) mass is 233 g/mol. The maximum Gasteiger partial charge on any atom is 0.360 e. The summed E-state index contributed by atoms with van der Waals surface area (Å²) >= 11 is 0. The number of anilines is 1. The zero-order chi connectivity index (χ0) is 12.4. The molecule has 2 aromatic rings. The van der Waals surface area contributed by atoms with Crippen LogP contribution in [0.2, 0.25) is 0 Å². The number of aliphatic hydroxyl groups excluding tert-OH is 1. The largest absolute Gasteiger partial charge is 0.421 e. The number of likely N-dealkylation sites (N-methyl/N-ethyl adjacent to an activating group) is 1. The first-order valence-electron chi connectivity index (χ1n) is 5.49. The minimum Gasteiger partial charge on any atom is -0.421 e. The van der Waals surface area contributed by atoms with Crippen LogP contribution in [0.5, 0.6) is 0 Å². The Balaban J connectivity index is 2.68. The van der Waals surface area contributed by atoms with Gasteiger partial charge in [-0.2, -0.15) is 0 Å². The Morgan fingerprint density at radius 2 is 2.06 bits per heavy atom. The Labute approximate surface area is 99.1 Å². The van der Waals surface area contributed by atoms with Gasteiger partial charge in [-0.05, 0) is 18.6 Å². The first kappa shape index (κ1) is 11.7. The normalized spacial score (nSPS) is 10.8. The highest BCUT2D eigenvalue weighted by molar-refractivity contribution is 5.84. The first-order valence-corrected chi connectivity index (χ1v) is 5.49. The van der Waals surface area contributed by atoms with Crippen molar-refractivity contribution in [1.29, 1.82) is 0 Å². The van der Waals surface area contributed by atoms with E-state index in [1.54, 1.807) is 18.0 Å². The van der Waals surface area contributed by atoms with Crippen molar-refractivity contribution in [2.75, 3.05) is 25.1 Å². The summed E-state index contributed by atoms with van der Waals surface area (Å²) in [6.07, 6.45) is 0. The maximum absolute atomic E-state index is 11.9. The molecule has 0 aliphatic rings. The average molecular weight is 233 g/mol. The van der Waals surface area contributed by atoms with Crippen molar-refractivity contribution in [3.05, 3.63) is 40.2 Å². The minimum absolute atomic E-state index is 0.00219. The molecule has 0 fully saturated rings. The standard InChI is InChI=1S/C13H15NO3/c1-9-10-5-3-4-6-11(10)17-13(16)12(9)14(2)7-8-15/h3-6,15H,7-8H2,1-2H3. The zero-order valence-corrected chi connectivity index (χ0v) is 9.93. The van der Waals surface area contributed by atoms with Crippen molar-refractivity contribution < 1.29 is 9.52 Å². The molecule has 0 aliphatic carbocycles. The molecule has 0 bridgehead atoms. The third kappa shape index (κ3) is 2.03. The van der Waals surface area contributed by atoms with Gasteiger partial charge in [0.1, 0.15) is 11.3 Å². The number of benzene rings is 1. The quantitative estimate of drug-likeness (QED) is 0.817. The van der Waals surface area contributed by atoms with Crippen molar-refractivity contribution >= 4 is 16.7 Å². The molecule has 0 amide bonds. The molecule has 1 heterocycles. The topological polar surface area (TPSA) is 53.7 Å². The van der Waals surface area contributed by atoms with E-state index in [9.17, 15) is 4.79 Å². The molecule has 4 heteroatoms. The lowest BCUT2D eigenvalue weighted by atomic mass is 10.1. The molecule has 90 valence electrons. The van der Waals surface area contributed by atoms with Gasteiger partial charge >= 0.3 is 5.63 Å². The molecule has 2 rings (SSSR count). The van der Waals surface area contributed by atoms with Crippen LogP contribution >= 0.6 is 0 Å². The van der Waals surface area contributed by atoms with Crippen LogP contribution in [0.3, 0.4) is 0 Å². The summed E-state index contributed by atoms with van der Waals surface area (Å²) in [5.41, 5.74) is 1.62. The van der Waals surface area contributed by atoms with Gasteiger partial charge in [-0.3, -0.25) is 0 Å². The van der Waals surface area contributed by atoms with Crippen molar-refractivity contribution in [1.82, 2.24) is 0 Å². The highest BCUT2D eigenvalue weighted by Gasteiger charge is 2.14. The van der Waals surface area contributed by atoms with Crippen LogP contribution in [0.25, 0.3) is 11.0 Å². The van der Waals surface area contributed by atoms with Crippen LogP contribution in [0.1, 0.15) is 5.56 Å². The third-order valence-electron chi connectivity index (χ3n) is 2.86. The van der Waals surface area contributed by atoms with Crippen LogP contribution in [-0.2, 0) is 0 Å². The van der Waals surface area contributed by atoms with Gasteiger partial charge in [0.05, 0.1) is 6.61 Å². The van der Waals surface area contributed by atoms with Crippen molar-refractivity contribution in [2.24, 2.45) is 0 Å². The molecule has 1 N–H and O–H groups in total. The number of fused-ring (bicyclic) bond motifs is 1. The lowest BCUT2D eigenvalue weighted by molar-refractivity contribution is 0.303. The zero-order valence-electron chi connectivity index (χ0n) is 9.93. The van der Waals surface area contributed by atoms with Crippen molar-refractivity contribution in [3.63, 3.8) is 0 Å². The Morgan fingerprint density at radius 3 is 2.76 bits per heavy atom. The van der Waals surface area contributed by atoms with E-state index >= 15 is 0 Å². The maximum atomic E-state index is 11.9. The Bertz CT molecular complexity index is 589. The summed E-state index contributed by atoms with van der Waals surface area (Å²) in [7, 11) is 1.77.